The Hall–Kier alpha value is -2.81. The van der Waals surface area contributed by atoms with E-state index in [4.69, 9.17) is 0 Å². The molecule has 1 saturated heterocycles. The molecule has 0 unspecified atom stereocenters. The number of hydrogen-bond acceptors (Lipinski definition) is 4. The van der Waals surface area contributed by atoms with Crippen LogP contribution in [0.1, 0.15) is 12.5 Å². The summed E-state index contributed by atoms with van der Waals surface area (Å²) in [5.41, 5.74) is 2.01. The SMILES string of the molecule is CC(=O)N1CCN(C(=O)/C(C#N)=C\Nc2ccc(C)cc2)CC1. The number of nitriles is 1. The number of amides is 2. The Morgan fingerprint density at radius 1 is 1.13 bits per heavy atom. The molecule has 1 aliphatic heterocycles. The van der Waals surface area contributed by atoms with E-state index >= 15 is 0 Å². The lowest BCUT2D eigenvalue weighted by atomic mass is 10.2. The van der Waals surface area contributed by atoms with Crippen LogP contribution in [0, 0.1) is 18.3 Å². The lowest BCUT2D eigenvalue weighted by Crippen LogP contribution is -2.50. The van der Waals surface area contributed by atoms with E-state index in [2.05, 4.69) is 5.32 Å². The quantitative estimate of drug-likeness (QED) is 0.678. The third kappa shape index (κ3) is 4.33. The molecule has 1 fully saturated rings. The van der Waals surface area contributed by atoms with Gasteiger partial charge in [-0.05, 0) is 19.1 Å². The Morgan fingerprint density at radius 3 is 2.22 bits per heavy atom. The van der Waals surface area contributed by atoms with E-state index < -0.39 is 0 Å². The Morgan fingerprint density at radius 2 is 1.70 bits per heavy atom. The van der Waals surface area contributed by atoms with E-state index in [9.17, 15) is 14.9 Å². The maximum atomic E-state index is 12.4. The number of aryl methyl sites for hydroxylation is 1. The standard InChI is InChI=1S/C17H20N4O2/c1-13-3-5-16(6-4-13)19-12-15(11-18)17(23)21-9-7-20(8-10-21)14(2)22/h3-6,12,19H,7-10H2,1-2H3/b15-12-. The van der Waals surface area contributed by atoms with Gasteiger partial charge < -0.3 is 15.1 Å². The molecular weight excluding hydrogens is 292 g/mol. The third-order valence-corrected chi connectivity index (χ3v) is 3.80. The zero-order chi connectivity index (χ0) is 16.8. The Kier molecular flexibility index (Phi) is 5.36. The van der Waals surface area contributed by atoms with Crippen LogP contribution in [-0.2, 0) is 9.59 Å². The summed E-state index contributed by atoms with van der Waals surface area (Å²) < 4.78 is 0. The molecule has 1 heterocycles. The highest BCUT2D eigenvalue weighted by Gasteiger charge is 2.24. The summed E-state index contributed by atoms with van der Waals surface area (Å²) in [5.74, 6) is -0.301. The zero-order valence-corrected chi connectivity index (χ0v) is 13.4. The van der Waals surface area contributed by atoms with Gasteiger partial charge in [0, 0.05) is 45.0 Å². The van der Waals surface area contributed by atoms with Gasteiger partial charge in [0.2, 0.25) is 5.91 Å². The summed E-state index contributed by atoms with van der Waals surface area (Å²) in [7, 11) is 0. The Bertz CT molecular complexity index is 650. The molecule has 6 heteroatoms. The average Bonchev–Trinajstić information content (AvgIpc) is 2.57. The number of anilines is 1. The molecule has 1 N–H and O–H groups in total. The van der Waals surface area contributed by atoms with Crippen molar-refractivity contribution >= 4 is 17.5 Å². The first-order valence-electron chi connectivity index (χ1n) is 7.49. The van der Waals surface area contributed by atoms with Crippen molar-refractivity contribution in [2.75, 3.05) is 31.5 Å². The second kappa shape index (κ2) is 7.45. The van der Waals surface area contributed by atoms with Gasteiger partial charge in [-0.15, -0.1) is 0 Å². The highest BCUT2D eigenvalue weighted by atomic mass is 16.2. The van der Waals surface area contributed by atoms with E-state index in [0.717, 1.165) is 11.3 Å². The molecular formula is C17H20N4O2. The van der Waals surface area contributed by atoms with Gasteiger partial charge in [-0.1, -0.05) is 17.7 Å². The van der Waals surface area contributed by atoms with Crippen LogP contribution in [0.3, 0.4) is 0 Å². The van der Waals surface area contributed by atoms with Gasteiger partial charge in [0.1, 0.15) is 11.6 Å². The molecule has 0 atom stereocenters. The lowest BCUT2D eigenvalue weighted by molar-refractivity contribution is -0.136. The maximum Gasteiger partial charge on any atom is 0.266 e. The van der Waals surface area contributed by atoms with Crippen molar-refractivity contribution in [3.05, 3.63) is 41.6 Å². The molecule has 0 aliphatic carbocycles. The largest absolute Gasteiger partial charge is 0.360 e. The number of benzene rings is 1. The van der Waals surface area contributed by atoms with Crippen LogP contribution in [0.15, 0.2) is 36.0 Å². The van der Waals surface area contributed by atoms with Gasteiger partial charge in [0.15, 0.2) is 0 Å². The molecule has 1 aromatic rings. The molecule has 23 heavy (non-hydrogen) atoms. The van der Waals surface area contributed by atoms with Crippen molar-refractivity contribution in [2.24, 2.45) is 0 Å². The highest BCUT2D eigenvalue weighted by molar-refractivity contribution is 5.97. The Labute approximate surface area is 136 Å². The molecule has 0 saturated carbocycles. The molecule has 2 amide bonds. The predicted octanol–water partition coefficient (Wildman–Crippen LogP) is 1.51. The first-order chi connectivity index (χ1) is 11.0. The van der Waals surface area contributed by atoms with Crippen molar-refractivity contribution in [3.8, 4) is 6.07 Å². The van der Waals surface area contributed by atoms with Gasteiger partial charge in [-0.25, -0.2) is 0 Å². The normalized spacial score (nSPS) is 15.1. The maximum absolute atomic E-state index is 12.4. The second-order valence-corrected chi connectivity index (χ2v) is 5.48. The molecule has 1 aliphatic rings. The van der Waals surface area contributed by atoms with Gasteiger partial charge in [-0.3, -0.25) is 9.59 Å². The first-order valence-corrected chi connectivity index (χ1v) is 7.49. The first kappa shape index (κ1) is 16.6. The predicted molar refractivity (Wildman–Crippen MR) is 87.3 cm³/mol. The second-order valence-electron chi connectivity index (χ2n) is 5.48. The zero-order valence-electron chi connectivity index (χ0n) is 13.4. The van der Waals surface area contributed by atoms with Gasteiger partial charge in [-0.2, -0.15) is 5.26 Å². The summed E-state index contributed by atoms with van der Waals surface area (Å²) in [5, 5.41) is 12.2. The number of rotatable bonds is 3. The van der Waals surface area contributed by atoms with Crippen molar-refractivity contribution in [1.29, 1.82) is 5.26 Å². The van der Waals surface area contributed by atoms with E-state index in [-0.39, 0.29) is 17.4 Å². The summed E-state index contributed by atoms with van der Waals surface area (Å²) in [6.07, 6.45) is 1.43. The number of carbonyl (C=O) groups excluding carboxylic acids is 2. The fourth-order valence-electron chi connectivity index (χ4n) is 2.34. The number of nitrogens with one attached hydrogen (secondary N) is 1. The fourth-order valence-corrected chi connectivity index (χ4v) is 2.34. The van der Waals surface area contributed by atoms with Gasteiger partial charge >= 0.3 is 0 Å². The van der Waals surface area contributed by atoms with Crippen LogP contribution in [0.4, 0.5) is 5.69 Å². The smallest absolute Gasteiger partial charge is 0.266 e. The van der Waals surface area contributed by atoms with Crippen molar-refractivity contribution < 1.29 is 9.59 Å². The molecule has 0 aromatic heterocycles. The molecule has 0 spiro atoms. The summed E-state index contributed by atoms with van der Waals surface area (Å²) >= 11 is 0. The summed E-state index contributed by atoms with van der Waals surface area (Å²) in [6.45, 7) is 5.41. The van der Waals surface area contributed by atoms with Crippen LogP contribution < -0.4 is 5.32 Å². The van der Waals surface area contributed by atoms with Crippen molar-refractivity contribution in [1.82, 2.24) is 9.80 Å². The monoisotopic (exact) mass is 312 g/mol. The molecule has 2 rings (SSSR count). The number of carbonyl (C=O) groups is 2. The topological polar surface area (TPSA) is 76.4 Å². The molecule has 0 radical (unpaired) electrons. The summed E-state index contributed by atoms with van der Waals surface area (Å²) in [4.78, 5) is 27.0. The molecule has 1 aromatic carbocycles. The number of piperazine rings is 1. The van der Waals surface area contributed by atoms with Crippen LogP contribution in [-0.4, -0.2) is 47.8 Å². The van der Waals surface area contributed by atoms with E-state index in [1.54, 1.807) is 9.80 Å². The van der Waals surface area contributed by atoms with Crippen molar-refractivity contribution in [2.45, 2.75) is 13.8 Å². The van der Waals surface area contributed by atoms with E-state index in [1.807, 2.05) is 37.3 Å². The van der Waals surface area contributed by atoms with Crippen LogP contribution in [0.5, 0.6) is 0 Å². The molecule has 120 valence electrons. The minimum Gasteiger partial charge on any atom is -0.360 e. The van der Waals surface area contributed by atoms with E-state index in [1.165, 1.54) is 13.1 Å². The highest BCUT2D eigenvalue weighted by Crippen LogP contribution is 2.11. The lowest BCUT2D eigenvalue weighted by Gasteiger charge is -2.34. The van der Waals surface area contributed by atoms with Crippen LogP contribution in [0.2, 0.25) is 0 Å². The summed E-state index contributed by atoms with van der Waals surface area (Å²) in [6, 6.07) is 9.61. The van der Waals surface area contributed by atoms with Crippen molar-refractivity contribution in [3.63, 3.8) is 0 Å². The van der Waals surface area contributed by atoms with E-state index in [0.29, 0.717) is 26.2 Å². The minimum atomic E-state index is -0.310. The van der Waals surface area contributed by atoms with Crippen LogP contribution >= 0.6 is 0 Å². The Balaban J connectivity index is 1.99. The number of hydrogen-bond donors (Lipinski definition) is 1. The third-order valence-electron chi connectivity index (χ3n) is 3.80. The van der Waals surface area contributed by atoms with Gasteiger partial charge in [0.05, 0.1) is 0 Å². The molecule has 6 nitrogen and oxygen atoms in total. The van der Waals surface area contributed by atoms with Crippen LogP contribution in [0.25, 0.3) is 0 Å². The minimum absolute atomic E-state index is 0.00851. The average molecular weight is 312 g/mol. The molecule has 0 bridgehead atoms. The number of nitrogens with zero attached hydrogens (tertiary/aromatic N) is 3. The van der Waals surface area contributed by atoms with Gasteiger partial charge in [0.25, 0.3) is 5.91 Å². The fraction of sp³-hybridized carbons (Fsp3) is 0.353.